The van der Waals surface area contributed by atoms with Crippen LogP contribution in [0.25, 0.3) is 0 Å². The highest BCUT2D eigenvalue weighted by Gasteiger charge is 2.42. The van der Waals surface area contributed by atoms with Gasteiger partial charge in [-0.3, -0.25) is 14.8 Å². The molecule has 0 unspecified atom stereocenters. The summed E-state index contributed by atoms with van der Waals surface area (Å²) in [4.78, 5) is 20.0. The topological polar surface area (TPSA) is 64.1 Å². The predicted octanol–water partition coefficient (Wildman–Crippen LogP) is 1.24. The van der Waals surface area contributed by atoms with E-state index in [9.17, 15) is 4.79 Å². The van der Waals surface area contributed by atoms with Crippen molar-refractivity contribution in [3.8, 4) is 0 Å². The van der Waals surface area contributed by atoms with Gasteiger partial charge < -0.3 is 10.1 Å². The third kappa shape index (κ3) is 2.92. The Balaban J connectivity index is 1.51. The van der Waals surface area contributed by atoms with Crippen molar-refractivity contribution in [3.05, 3.63) is 24.3 Å². The fourth-order valence-corrected chi connectivity index (χ4v) is 3.17. The first-order valence-electron chi connectivity index (χ1n) is 6.94. The van der Waals surface area contributed by atoms with E-state index in [0.717, 1.165) is 19.3 Å². The van der Waals surface area contributed by atoms with Gasteiger partial charge in [0.15, 0.2) is 0 Å². The Morgan fingerprint density at radius 3 is 3.00 bits per heavy atom. The predicted molar refractivity (Wildman–Crippen MR) is 69.4 cm³/mol. The quantitative estimate of drug-likeness (QED) is 0.889. The van der Waals surface area contributed by atoms with Crippen LogP contribution in [-0.2, 0) is 16.0 Å². The van der Waals surface area contributed by atoms with E-state index in [4.69, 9.17) is 4.74 Å². The molecule has 3 rings (SSSR count). The average molecular weight is 261 g/mol. The summed E-state index contributed by atoms with van der Waals surface area (Å²) in [5.74, 6) is 0.00384. The Kier molecular flexibility index (Phi) is 3.46. The van der Waals surface area contributed by atoms with Crippen molar-refractivity contribution < 1.29 is 9.53 Å². The fraction of sp³-hybridized carbons (Fsp3) is 0.643. The van der Waals surface area contributed by atoms with Gasteiger partial charge in [-0.1, -0.05) is 12.8 Å². The Hall–Kier alpha value is -1.49. The highest BCUT2D eigenvalue weighted by Crippen LogP contribution is 2.40. The summed E-state index contributed by atoms with van der Waals surface area (Å²) in [5, 5.41) is 3.05. The van der Waals surface area contributed by atoms with Gasteiger partial charge in [0.25, 0.3) is 0 Å². The summed E-state index contributed by atoms with van der Waals surface area (Å²) < 4.78 is 5.92. The molecule has 102 valence electrons. The second-order valence-corrected chi connectivity index (χ2v) is 5.54. The zero-order valence-corrected chi connectivity index (χ0v) is 11.0. The normalized spacial score (nSPS) is 24.7. The first-order valence-corrected chi connectivity index (χ1v) is 6.94. The standard InChI is InChI=1S/C14H19N3O2/c18-13(7-11-9-15-5-6-16-11)17-12-8-14(19-10-12)3-1-2-4-14/h5-6,9,12H,1-4,7-8,10H2,(H,17,18)/t12-/m1/s1. The molecule has 1 amide bonds. The summed E-state index contributed by atoms with van der Waals surface area (Å²) in [5.41, 5.74) is 0.763. The first kappa shape index (κ1) is 12.5. The van der Waals surface area contributed by atoms with Crippen LogP contribution in [0.15, 0.2) is 18.6 Å². The van der Waals surface area contributed by atoms with Crippen molar-refractivity contribution in [1.82, 2.24) is 15.3 Å². The zero-order valence-electron chi connectivity index (χ0n) is 11.0. The van der Waals surface area contributed by atoms with Crippen molar-refractivity contribution in [2.75, 3.05) is 6.61 Å². The molecule has 1 N–H and O–H groups in total. The largest absolute Gasteiger partial charge is 0.373 e. The maximum absolute atomic E-state index is 11.9. The highest BCUT2D eigenvalue weighted by atomic mass is 16.5. The Morgan fingerprint density at radius 2 is 2.26 bits per heavy atom. The van der Waals surface area contributed by atoms with Gasteiger partial charge in [-0.2, -0.15) is 0 Å². The number of carbonyl (C=O) groups is 1. The number of nitrogens with zero attached hydrogens (tertiary/aromatic N) is 2. The second-order valence-electron chi connectivity index (χ2n) is 5.54. The van der Waals surface area contributed by atoms with Gasteiger partial charge in [-0.05, 0) is 19.3 Å². The molecule has 0 radical (unpaired) electrons. The van der Waals surface area contributed by atoms with Gasteiger partial charge >= 0.3 is 0 Å². The van der Waals surface area contributed by atoms with E-state index in [0.29, 0.717) is 12.3 Å². The first-order chi connectivity index (χ1) is 9.26. The van der Waals surface area contributed by atoms with Gasteiger partial charge in [-0.15, -0.1) is 0 Å². The summed E-state index contributed by atoms with van der Waals surface area (Å²) in [7, 11) is 0. The average Bonchev–Trinajstić information content (AvgIpc) is 3.02. The van der Waals surface area contributed by atoms with Crippen molar-refractivity contribution >= 4 is 5.91 Å². The molecule has 2 aliphatic rings. The van der Waals surface area contributed by atoms with E-state index in [-0.39, 0.29) is 24.0 Å². The molecule has 0 aromatic carbocycles. The summed E-state index contributed by atoms with van der Waals surface area (Å²) in [6.45, 7) is 0.645. The molecule has 1 atom stereocenters. The van der Waals surface area contributed by atoms with Crippen molar-refractivity contribution in [1.29, 1.82) is 0 Å². The summed E-state index contributed by atoms with van der Waals surface area (Å²) in [6, 6.07) is 0.155. The molecule has 1 aliphatic carbocycles. The minimum atomic E-state index is 0.00384. The van der Waals surface area contributed by atoms with E-state index in [1.54, 1.807) is 18.6 Å². The molecule has 1 saturated heterocycles. The molecule has 1 aromatic heterocycles. The number of hydrogen-bond acceptors (Lipinski definition) is 4. The van der Waals surface area contributed by atoms with Gasteiger partial charge in [-0.25, -0.2) is 0 Å². The molecule has 1 saturated carbocycles. The van der Waals surface area contributed by atoms with Crippen LogP contribution in [0.5, 0.6) is 0 Å². The third-order valence-electron chi connectivity index (χ3n) is 4.05. The number of amides is 1. The maximum atomic E-state index is 11.9. The van der Waals surface area contributed by atoms with Crippen LogP contribution in [0, 0.1) is 0 Å². The van der Waals surface area contributed by atoms with Gasteiger partial charge in [0.2, 0.25) is 5.91 Å². The zero-order chi connectivity index (χ0) is 13.1. The van der Waals surface area contributed by atoms with E-state index < -0.39 is 0 Å². The van der Waals surface area contributed by atoms with Crippen LogP contribution >= 0.6 is 0 Å². The summed E-state index contributed by atoms with van der Waals surface area (Å²) >= 11 is 0. The van der Waals surface area contributed by atoms with Crippen molar-refractivity contribution in [2.45, 2.75) is 50.2 Å². The number of aromatic nitrogens is 2. The maximum Gasteiger partial charge on any atom is 0.226 e. The molecular formula is C14H19N3O2. The van der Waals surface area contributed by atoms with Gasteiger partial charge in [0.05, 0.1) is 30.4 Å². The van der Waals surface area contributed by atoms with E-state index in [1.807, 2.05) is 0 Å². The molecule has 1 aromatic rings. The minimum absolute atomic E-state index is 0.00384. The van der Waals surface area contributed by atoms with Crippen LogP contribution in [0.1, 0.15) is 37.8 Å². The number of ether oxygens (including phenoxy) is 1. The van der Waals surface area contributed by atoms with Gasteiger partial charge in [0, 0.05) is 18.6 Å². The second kappa shape index (κ2) is 5.25. The lowest BCUT2D eigenvalue weighted by molar-refractivity contribution is -0.121. The molecule has 0 bridgehead atoms. The van der Waals surface area contributed by atoms with Crippen LogP contribution in [-0.4, -0.2) is 34.1 Å². The van der Waals surface area contributed by atoms with Crippen molar-refractivity contribution in [3.63, 3.8) is 0 Å². The number of hydrogen-bond donors (Lipinski definition) is 1. The Morgan fingerprint density at radius 1 is 1.42 bits per heavy atom. The Labute approximate surface area is 112 Å². The molecule has 19 heavy (non-hydrogen) atoms. The molecule has 1 spiro atoms. The number of rotatable bonds is 3. The smallest absolute Gasteiger partial charge is 0.226 e. The summed E-state index contributed by atoms with van der Waals surface area (Å²) in [6.07, 6.45) is 10.9. The van der Waals surface area contributed by atoms with E-state index in [2.05, 4.69) is 15.3 Å². The molecule has 5 heteroatoms. The monoisotopic (exact) mass is 261 g/mol. The van der Waals surface area contributed by atoms with Crippen LogP contribution in [0.4, 0.5) is 0 Å². The minimum Gasteiger partial charge on any atom is -0.373 e. The van der Waals surface area contributed by atoms with Gasteiger partial charge in [0.1, 0.15) is 0 Å². The highest BCUT2D eigenvalue weighted by molar-refractivity contribution is 5.78. The van der Waals surface area contributed by atoms with Crippen LogP contribution < -0.4 is 5.32 Å². The van der Waals surface area contributed by atoms with E-state index >= 15 is 0 Å². The number of nitrogens with one attached hydrogen (secondary N) is 1. The Bertz CT molecular complexity index is 443. The molecule has 5 nitrogen and oxygen atoms in total. The van der Waals surface area contributed by atoms with Crippen LogP contribution in [0.3, 0.4) is 0 Å². The molecule has 2 heterocycles. The lowest BCUT2D eigenvalue weighted by atomic mass is 9.96. The van der Waals surface area contributed by atoms with E-state index in [1.165, 1.54) is 12.8 Å². The third-order valence-corrected chi connectivity index (χ3v) is 4.05. The SMILES string of the molecule is O=C(Cc1cnccn1)N[C@H]1COC2(CCCC2)C1. The lowest BCUT2D eigenvalue weighted by Gasteiger charge is -2.21. The van der Waals surface area contributed by atoms with Crippen LogP contribution in [0.2, 0.25) is 0 Å². The fourth-order valence-electron chi connectivity index (χ4n) is 3.17. The molecule has 1 aliphatic heterocycles. The number of carbonyl (C=O) groups excluding carboxylic acids is 1. The lowest BCUT2D eigenvalue weighted by Crippen LogP contribution is -2.37. The molecule has 2 fully saturated rings. The molecular weight excluding hydrogens is 242 g/mol. The van der Waals surface area contributed by atoms with Crippen molar-refractivity contribution in [2.24, 2.45) is 0 Å².